The van der Waals surface area contributed by atoms with E-state index in [1.165, 1.54) is 14.8 Å². The number of hydrogen-bond acceptors (Lipinski definition) is 3. The highest BCUT2D eigenvalue weighted by molar-refractivity contribution is 14.1. The summed E-state index contributed by atoms with van der Waals surface area (Å²) in [5.41, 5.74) is 3.80. The summed E-state index contributed by atoms with van der Waals surface area (Å²) < 4.78 is 1.21. The number of allylic oxidation sites excluding steroid dienone is 2. The van der Waals surface area contributed by atoms with Crippen molar-refractivity contribution in [3.05, 3.63) is 79.4 Å². The highest BCUT2D eigenvalue weighted by Crippen LogP contribution is 2.50. The molecule has 0 unspecified atom stereocenters. The standard InChI is InChI=1S/C18H15IN2O2/c19-16-6-2-5-15-13-3-1-4-14(13)17(20-18(15)16)11-7-9-12(10-8-11)21(22)23/h1-3,5-10,13-14,17,20H,4H2/t13-,14-,17+/m0/s1. The van der Waals surface area contributed by atoms with Gasteiger partial charge in [-0.3, -0.25) is 10.1 Å². The van der Waals surface area contributed by atoms with Crippen LogP contribution in [0.4, 0.5) is 11.4 Å². The Bertz CT molecular complexity index is 801. The van der Waals surface area contributed by atoms with E-state index in [2.05, 4.69) is 58.3 Å². The summed E-state index contributed by atoms with van der Waals surface area (Å²) in [4.78, 5) is 10.5. The second-order valence-electron chi connectivity index (χ2n) is 6.03. The van der Waals surface area contributed by atoms with Gasteiger partial charge < -0.3 is 5.32 Å². The van der Waals surface area contributed by atoms with E-state index in [0.29, 0.717) is 11.8 Å². The summed E-state index contributed by atoms with van der Waals surface area (Å²) in [5.74, 6) is 0.878. The number of fused-ring (bicyclic) bond motifs is 3. The van der Waals surface area contributed by atoms with Gasteiger partial charge in [-0.05, 0) is 52.1 Å². The van der Waals surface area contributed by atoms with Crippen LogP contribution in [-0.4, -0.2) is 4.92 Å². The lowest BCUT2D eigenvalue weighted by molar-refractivity contribution is -0.384. The van der Waals surface area contributed by atoms with Gasteiger partial charge in [-0.2, -0.15) is 0 Å². The Hall–Kier alpha value is -1.89. The van der Waals surface area contributed by atoms with Crippen LogP contribution in [-0.2, 0) is 0 Å². The van der Waals surface area contributed by atoms with E-state index >= 15 is 0 Å². The molecule has 0 saturated heterocycles. The van der Waals surface area contributed by atoms with Crippen molar-refractivity contribution in [2.45, 2.75) is 18.4 Å². The van der Waals surface area contributed by atoms with E-state index in [0.717, 1.165) is 12.0 Å². The predicted octanol–water partition coefficient (Wildman–Crippen LogP) is 5.03. The van der Waals surface area contributed by atoms with Gasteiger partial charge >= 0.3 is 0 Å². The van der Waals surface area contributed by atoms with Crippen LogP contribution in [0.2, 0.25) is 0 Å². The molecule has 0 aromatic heterocycles. The number of nitro benzene ring substituents is 1. The van der Waals surface area contributed by atoms with Gasteiger partial charge in [0.1, 0.15) is 0 Å². The van der Waals surface area contributed by atoms with Crippen molar-refractivity contribution in [2.75, 3.05) is 5.32 Å². The fourth-order valence-corrected chi connectivity index (χ4v) is 4.39. The second-order valence-corrected chi connectivity index (χ2v) is 7.19. The average Bonchev–Trinajstić information content (AvgIpc) is 3.04. The van der Waals surface area contributed by atoms with E-state index in [4.69, 9.17) is 0 Å². The Morgan fingerprint density at radius 3 is 2.70 bits per heavy atom. The maximum atomic E-state index is 10.9. The average molecular weight is 418 g/mol. The molecule has 4 rings (SSSR count). The lowest BCUT2D eigenvalue weighted by Gasteiger charge is -2.38. The lowest BCUT2D eigenvalue weighted by Crippen LogP contribution is -2.29. The molecule has 0 fully saturated rings. The zero-order chi connectivity index (χ0) is 16.0. The van der Waals surface area contributed by atoms with Crippen molar-refractivity contribution in [1.29, 1.82) is 0 Å². The maximum absolute atomic E-state index is 10.9. The van der Waals surface area contributed by atoms with Crippen LogP contribution in [0.25, 0.3) is 0 Å². The normalized spacial score (nSPS) is 24.7. The molecule has 0 bridgehead atoms. The number of nitrogens with one attached hydrogen (secondary N) is 1. The zero-order valence-electron chi connectivity index (χ0n) is 12.3. The number of benzene rings is 2. The first-order valence-electron chi connectivity index (χ1n) is 7.61. The first-order valence-corrected chi connectivity index (χ1v) is 8.69. The molecule has 1 aliphatic carbocycles. The predicted molar refractivity (Wildman–Crippen MR) is 98.6 cm³/mol. The molecule has 0 radical (unpaired) electrons. The third-order valence-corrected chi connectivity index (χ3v) is 5.71. The molecular formula is C18H15IN2O2. The molecule has 23 heavy (non-hydrogen) atoms. The SMILES string of the molecule is O=[N+]([O-])c1ccc([C@H]2Nc3c(I)cccc3[C@H]3C=CC[C@@H]32)cc1. The molecule has 1 N–H and O–H groups in total. The highest BCUT2D eigenvalue weighted by Gasteiger charge is 2.38. The van der Waals surface area contributed by atoms with E-state index in [1.807, 2.05) is 12.1 Å². The Kier molecular flexibility index (Phi) is 3.60. The first kappa shape index (κ1) is 14.7. The summed E-state index contributed by atoms with van der Waals surface area (Å²) in [6, 6.07) is 13.6. The monoisotopic (exact) mass is 418 g/mol. The van der Waals surface area contributed by atoms with Gasteiger partial charge in [-0.15, -0.1) is 0 Å². The van der Waals surface area contributed by atoms with Gasteiger partial charge in [-0.1, -0.05) is 36.4 Å². The number of anilines is 1. The molecule has 5 heteroatoms. The minimum absolute atomic E-state index is 0.139. The third-order valence-electron chi connectivity index (χ3n) is 4.81. The fraction of sp³-hybridized carbons (Fsp3) is 0.222. The molecule has 0 amide bonds. The largest absolute Gasteiger partial charge is 0.377 e. The van der Waals surface area contributed by atoms with Gasteiger partial charge in [0.15, 0.2) is 0 Å². The molecule has 0 saturated carbocycles. The summed E-state index contributed by atoms with van der Waals surface area (Å²) in [7, 11) is 0. The van der Waals surface area contributed by atoms with E-state index in [1.54, 1.807) is 12.1 Å². The van der Waals surface area contributed by atoms with Gasteiger partial charge in [0.25, 0.3) is 5.69 Å². The molecule has 1 heterocycles. The van der Waals surface area contributed by atoms with Crippen LogP contribution in [0.1, 0.15) is 29.5 Å². The number of nitro groups is 1. The smallest absolute Gasteiger partial charge is 0.269 e. The number of nitrogens with zero attached hydrogens (tertiary/aromatic N) is 1. The Morgan fingerprint density at radius 2 is 1.96 bits per heavy atom. The molecule has 2 aromatic rings. The molecule has 2 aromatic carbocycles. The molecule has 3 atom stereocenters. The van der Waals surface area contributed by atoms with Crippen molar-refractivity contribution in [1.82, 2.24) is 0 Å². The Balaban J connectivity index is 1.75. The minimum atomic E-state index is -0.351. The third kappa shape index (κ3) is 2.43. The maximum Gasteiger partial charge on any atom is 0.269 e. The summed E-state index contributed by atoms with van der Waals surface area (Å²) >= 11 is 2.36. The van der Waals surface area contributed by atoms with Gasteiger partial charge in [0.2, 0.25) is 0 Å². The van der Waals surface area contributed by atoms with Crippen LogP contribution in [0, 0.1) is 19.6 Å². The van der Waals surface area contributed by atoms with Crippen molar-refractivity contribution in [3.8, 4) is 0 Å². The van der Waals surface area contributed by atoms with Crippen molar-refractivity contribution >= 4 is 34.0 Å². The van der Waals surface area contributed by atoms with Gasteiger partial charge in [0, 0.05) is 21.6 Å². The molecule has 4 nitrogen and oxygen atoms in total. The van der Waals surface area contributed by atoms with Crippen LogP contribution in [0.15, 0.2) is 54.6 Å². The molecular weight excluding hydrogens is 403 g/mol. The van der Waals surface area contributed by atoms with Crippen LogP contribution in [0.5, 0.6) is 0 Å². The van der Waals surface area contributed by atoms with Gasteiger partial charge in [0.05, 0.1) is 16.7 Å². The topological polar surface area (TPSA) is 55.2 Å². The van der Waals surface area contributed by atoms with Crippen LogP contribution < -0.4 is 5.32 Å². The van der Waals surface area contributed by atoms with Gasteiger partial charge in [-0.25, -0.2) is 0 Å². The van der Waals surface area contributed by atoms with E-state index in [9.17, 15) is 10.1 Å². The number of para-hydroxylation sites is 1. The second kappa shape index (κ2) is 5.63. The minimum Gasteiger partial charge on any atom is -0.377 e. The first-order chi connectivity index (χ1) is 11.1. The number of halogens is 1. The number of non-ortho nitro benzene ring substituents is 1. The van der Waals surface area contributed by atoms with Crippen molar-refractivity contribution < 1.29 is 4.92 Å². The molecule has 116 valence electrons. The van der Waals surface area contributed by atoms with Crippen LogP contribution in [0.3, 0.4) is 0 Å². The molecule has 2 aliphatic rings. The fourth-order valence-electron chi connectivity index (χ4n) is 3.72. The van der Waals surface area contributed by atoms with E-state index < -0.39 is 0 Å². The number of rotatable bonds is 2. The quantitative estimate of drug-likeness (QED) is 0.322. The summed E-state index contributed by atoms with van der Waals surface area (Å²) in [6.07, 6.45) is 5.59. The Morgan fingerprint density at radius 1 is 1.17 bits per heavy atom. The van der Waals surface area contributed by atoms with Crippen LogP contribution >= 0.6 is 22.6 Å². The van der Waals surface area contributed by atoms with Crippen molar-refractivity contribution in [3.63, 3.8) is 0 Å². The highest BCUT2D eigenvalue weighted by atomic mass is 127. The molecule has 1 aliphatic heterocycles. The van der Waals surface area contributed by atoms with Crippen molar-refractivity contribution in [2.24, 2.45) is 5.92 Å². The summed E-state index contributed by atoms with van der Waals surface area (Å²) in [6.45, 7) is 0. The summed E-state index contributed by atoms with van der Waals surface area (Å²) in [5, 5.41) is 14.5. The Labute approximate surface area is 147 Å². The lowest BCUT2D eigenvalue weighted by atomic mass is 9.77. The van der Waals surface area contributed by atoms with E-state index in [-0.39, 0.29) is 16.7 Å². The molecule has 0 spiro atoms. The number of hydrogen-bond donors (Lipinski definition) is 1. The zero-order valence-corrected chi connectivity index (χ0v) is 14.4.